The lowest BCUT2D eigenvalue weighted by Crippen LogP contribution is -2.04. The summed E-state index contributed by atoms with van der Waals surface area (Å²) in [6.07, 6.45) is 3.45. The fourth-order valence-electron chi connectivity index (χ4n) is 2.30. The summed E-state index contributed by atoms with van der Waals surface area (Å²) in [7, 11) is 0. The van der Waals surface area contributed by atoms with E-state index in [0.29, 0.717) is 4.77 Å². The van der Waals surface area contributed by atoms with Crippen molar-refractivity contribution in [3.63, 3.8) is 0 Å². The minimum atomic E-state index is 0.559. The number of anilines is 1. The van der Waals surface area contributed by atoms with E-state index in [9.17, 15) is 0 Å². The minimum absolute atomic E-state index is 0.559. The fourth-order valence-corrected chi connectivity index (χ4v) is 3.39. The number of nitrogens with zero attached hydrogens (tertiary/aromatic N) is 1. The first-order valence-electron chi connectivity index (χ1n) is 6.18. The van der Waals surface area contributed by atoms with Crippen molar-refractivity contribution in [1.29, 1.82) is 0 Å². The van der Waals surface area contributed by atoms with E-state index in [0.717, 1.165) is 24.5 Å². The molecule has 3 rings (SSSR count). The Morgan fingerprint density at radius 1 is 1.33 bits per heavy atom. The van der Waals surface area contributed by atoms with Crippen LogP contribution >= 0.6 is 23.6 Å². The largest absolute Gasteiger partial charge is 0.370 e. The normalized spacial score (nSPS) is 14.7. The molecule has 0 saturated heterocycles. The topological polar surface area (TPSA) is 40.7 Å². The SMILES string of the molecule is Cc1ccc(-c2[nH]c(=S)nc3c2CCCCN3)s1. The smallest absolute Gasteiger partial charge is 0.199 e. The van der Waals surface area contributed by atoms with Crippen molar-refractivity contribution in [2.75, 3.05) is 11.9 Å². The number of hydrogen-bond acceptors (Lipinski definition) is 4. The molecule has 2 N–H and O–H groups in total. The highest BCUT2D eigenvalue weighted by molar-refractivity contribution is 7.71. The molecule has 0 fully saturated rings. The van der Waals surface area contributed by atoms with Crippen LogP contribution in [0.4, 0.5) is 5.82 Å². The molecule has 0 aliphatic carbocycles. The van der Waals surface area contributed by atoms with Crippen LogP contribution in [0.1, 0.15) is 23.3 Å². The molecule has 0 aromatic carbocycles. The lowest BCUT2D eigenvalue weighted by molar-refractivity contribution is 0.785. The van der Waals surface area contributed by atoms with Crippen molar-refractivity contribution in [2.24, 2.45) is 0 Å². The average molecular weight is 277 g/mol. The van der Waals surface area contributed by atoms with Gasteiger partial charge in [0.1, 0.15) is 5.82 Å². The molecule has 1 aliphatic heterocycles. The maximum atomic E-state index is 5.23. The van der Waals surface area contributed by atoms with Crippen molar-refractivity contribution in [3.05, 3.63) is 27.3 Å². The van der Waals surface area contributed by atoms with Gasteiger partial charge in [-0.3, -0.25) is 0 Å². The predicted molar refractivity (Wildman–Crippen MR) is 78.9 cm³/mol. The van der Waals surface area contributed by atoms with E-state index in [1.807, 2.05) is 0 Å². The van der Waals surface area contributed by atoms with Crippen LogP contribution in [0.3, 0.4) is 0 Å². The van der Waals surface area contributed by atoms with Crippen LogP contribution < -0.4 is 5.32 Å². The average Bonchev–Trinajstić information content (AvgIpc) is 2.63. The highest BCUT2D eigenvalue weighted by Crippen LogP contribution is 2.33. The van der Waals surface area contributed by atoms with Gasteiger partial charge in [-0.05, 0) is 50.5 Å². The molecule has 94 valence electrons. The maximum absolute atomic E-state index is 5.23. The Balaban J connectivity index is 2.19. The molecule has 2 aromatic rings. The number of H-pyrrole nitrogens is 1. The molecule has 5 heteroatoms. The number of nitrogens with one attached hydrogen (secondary N) is 2. The van der Waals surface area contributed by atoms with E-state index in [1.165, 1.54) is 28.2 Å². The summed E-state index contributed by atoms with van der Waals surface area (Å²) in [4.78, 5) is 10.3. The molecule has 18 heavy (non-hydrogen) atoms. The molecular formula is C13H15N3S2. The van der Waals surface area contributed by atoms with Gasteiger partial charge in [-0.15, -0.1) is 11.3 Å². The number of rotatable bonds is 1. The molecule has 2 aromatic heterocycles. The second-order valence-electron chi connectivity index (χ2n) is 4.54. The second-order valence-corrected chi connectivity index (χ2v) is 6.21. The number of thiophene rings is 1. The van der Waals surface area contributed by atoms with Gasteiger partial charge in [-0.2, -0.15) is 0 Å². The third kappa shape index (κ3) is 2.20. The Labute approximate surface area is 115 Å². The molecule has 0 amide bonds. The van der Waals surface area contributed by atoms with Crippen LogP contribution in [0.25, 0.3) is 10.6 Å². The zero-order valence-electron chi connectivity index (χ0n) is 10.2. The Morgan fingerprint density at radius 2 is 2.22 bits per heavy atom. The summed E-state index contributed by atoms with van der Waals surface area (Å²) in [5.41, 5.74) is 2.43. The molecular weight excluding hydrogens is 262 g/mol. The van der Waals surface area contributed by atoms with E-state index >= 15 is 0 Å². The number of aromatic nitrogens is 2. The number of fused-ring (bicyclic) bond motifs is 1. The molecule has 3 nitrogen and oxygen atoms in total. The quantitative estimate of drug-likeness (QED) is 0.776. The van der Waals surface area contributed by atoms with Gasteiger partial charge in [0.2, 0.25) is 0 Å². The van der Waals surface area contributed by atoms with Crippen LogP contribution in [0.15, 0.2) is 12.1 Å². The van der Waals surface area contributed by atoms with Gasteiger partial charge >= 0.3 is 0 Å². The van der Waals surface area contributed by atoms with Gasteiger partial charge in [-0.1, -0.05) is 0 Å². The lowest BCUT2D eigenvalue weighted by Gasteiger charge is -2.10. The summed E-state index contributed by atoms with van der Waals surface area (Å²) < 4.78 is 0.559. The molecule has 0 saturated carbocycles. The van der Waals surface area contributed by atoms with Gasteiger partial charge in [0, 0.05) is 17.0 Å². The summed E-state index contributed by atoms with van der Waals surface area (Å²) in [5.74, 6) is 0.970. The van der Waals surface area contributed by atoms with Crippen molar-refractivity contribution >= 4 is 29.4 Å². The lowest BCUT2D eigenvalue weighted by atomic mass is 10.1. The predicted octanol–water partition coefficient (Wildman–Crippen LogP) is 3.92. The van der Waals surface area contributed by atoms with Gasteiger partial charge in [0.15, 0.2) is 4.77 Å². The van der Waals surface area contributed by atoms with E-state index in [1.54, 1.807) is 11.3 Å². The van der Waals surface area contributed by atoms with E-state index in [4.69, 9.17) is 12.2 Å². The highest BCUT2D eigenvalue weighted by Gasteiger charge is 2.16. The monoisotopic (exact) mass is 277 g/mol. The summed E-state index contributed by atoms with van der Waals surface area (Å²) in [5, 5.41) is 3.39. The minimum Gasteiger partial charge on any atom is -0.370 e. The standard InChI is InChI=1S/C13H15N3S2/c1-8-5-6-10(18-8)11-9-4-2-3-7-14-12(9)16-13(17)15-11/h5-6H,2-4,7H2,1H3,(H2,14,15,16,17). The van der Waals surface area contributed by atoms with Crippen molar-refractivity contribution in [2.45, 2.75) is 26.2 Å². The molecule has 0 bridgehead atoms. The van der Waals surface area contributed by atoms with Crippen LogP contribution in [-0.2, 0) is 6.42 Å². The van der Waals surface area contributed by atoms with Gasteiger partial charge in [-0.25, -0.2) is 4.98 Å². The second kappa shape index (κ2) is 4.82. The molecule has 3 heterocycles. The van der Waals surface area contributed by atoms with Crippen LogP contribution in [0.5, 0.6) is 0 Å². The van der Waals surface area contributed by atoms with Crippen molar-refractivity contribution in [1.82, 2.24) is 9.97 Å². The zero-order valence-corrected chi connectivity index (χ0v) is 11.9. The Bertz CT molecular complexity index is 627. The van der Waals surface area contributed by atoms with E-state index in [2.05, 4.69) is 34.3 Å². The van der Waals surface area contributed by atoms with Gasteiger partial charge < -0.3 is 10.3 Å². The van der Waals surface area contributed by atoms with Crippen molar-refractivity contribution < 1.29 is 0 Å². The summed E-state index contributed by atoms with van der Waals surface area (Å²) >= 11 is 7.03. The summed E-state index contributed by atoms with van der Waals surface area (Å²) in [6.45, 7) is 3.11. The third-order valence-electron chi connectivity index (χ3n) is 3.17. The highest BCUT2D eigenvalue weighted by atomic mass is 32.1. The first kappa shape index (κ1) is 11.9. The number of hydrogen-bond donors (Lipinski definition) is 2. The Kier molecular flexibility index (Phi) is 3.18. The van der Waals surface area contributed by atoms with E-state index < -0.39 is 0 Å². The van der Waals surface area contributed by atoms with Crippen molar-refractivity contribution in [3.8, 4) is 10.6 Å². The molecule has 0 radical (unpaired) electrons. The Morgan fingerprint density at radius 3 is 3.00 bits per heavy atom. The van der Waals surface area contributed by atoms with Crippen LogP contribution in [0.2, 0.25) is 0 Å². The summed E-state index contributed by atoms with van der Waals surface area (Å²) in [6, 6.07) is 4.31. The van der Waals surface area contributed by atoms with Gasteiger partial charge in [0.05, 0.1) is 10.6 Å². The van der Waals surface area contributed by atoms with E-state index in [-0.39, 0.29) is 0 Å². The third-order valence-corrected chi connectivity index (χ3v) is 4.38. The molecule has 0 unspecified atom stereocenters. The molecule has 1 aliphatic rings. The molecule has 0 atom stereocenters. The van der Waals surface area contributed by atoms with Crippen LogP contribution in [-0.4, -0.2) is 16.5 Å². The first-order valence-corrected chi connectivity index (χ1v) is 7.40. The zero-order chi connectivity index (χ0) is 12.5. The number of aryl methyl sites for hydroxylation is 1. The fraction of sp³-hybridized carbons (Fsp3) is 0.385. The molecule has 0 spiro atoms. The first-order chi connectivity index (χ1) is 8.74. The Hall–Kier alpha value is -1.20. The number of aromatic amines is 1. The van der Waals surface area contributed by atoms with Gasteiger partial charge in [0.25, 0.3) is 0 Å². The van der Waals surface area contributed by atoms with Crippen LogP contribution in [0, 0.1) is 11.7 Å². The maximum Gasteiger partial charge on any atom is 0.199 e.